The molecule has 0 N–H and O–H groups in total. The van der Waals surface area contributed by atoms with E-state index in [1.807, 2.05) is 13.8 Å². The Balaban J connectivity index is 2.03. The predicted octanol–water partition coefficient (Wildman–Crippen LogP) is 4.98. The predicted molar refractivity (Wildman–Crippen MR) is 85.3 cm³/mol. The molecular formula is C15H17BrClFN2O. The lowest BCUT2D eigenvalue weighted by Crippen LogP contribution is -2.34. The summed E-state index contributed by atoms with van der Waals surface area (Å²) < 4.78 is 21.9. The first-order valence-corrected chi connectivity index (χ1v) is 8.36. The molecule has 0 bridgehead atoms. The normalized spacial score (nSPS) is 23.3. The Morgan fingerprint density at radius 3 is 2.86 bits per heavy atom. The minimum Gasteiger partial charge on any atom is -0.378 e. The minimum atomic E-state index is -0.304. The van der Waals surface area contributed by atoms with Crippen LogP contribution >= 0.6 is 27.5 Å². The molecule has 1 saturated carbocycles. The molecule has 1 aliphatic carbocycles. The second kappa shape index (κ2) is 5.86. The smallest absolute Gasteiger partial charge is 0.139 e. The van der Waals surface area contributed by atoms with Crippen molar-refractivity contribution in [1.82, 2.24) is 9.55 Å². The summed E-state index contributed by atoms with van der Waals surface area (Å²) >= 11 is 9.51. The third-order valence-electron chi connectivity index (χ3n) is 3.95. The fourth-order valence-electron chi connectivity index (χ4n) is 2.89. The van der Waals surface area contributed by atoms with Crippen molar-refractivity contribution in [2.45, 2.75) is 44.2 Å². The third-order valence-corrected chi connectivity index (χ3v) is 4.75. The van der Waals surface area contributed by atoms with Crippen molar-refractivity contribution >= 4 is 38.6 Å². The molecule has 1 aromatic heterocycles. The fraction of sp³-hybridized carbons (Fsp3) is 0.533. The first-order chi connectivity index (χ1) is 10.0. The van der Waals surface area contributed by atoms with Crippen molar-refractivity contribution in [3.8, 4) is 0 Å². The Kier molecular flexibility index (Phi) is 4.26. The van der Waals surface area contributed by atoms with Crippen LogP contribution in [0.1, 0.15) is 43.9 Å². The molecule has 1 fully saturated rings. The van der Waals surface area contributed by atoms with E-state index in [0.717, 1.165) is 30.8 Å². The molecule has 1 aliphatic rings. The van der Waals surface area contributed by atoms with Crippen LogP contribution in [-0.2, 0) is 4.74 Å². The van der Waals surface area contributed by atoms with Crippen LogP contribution in [0.15, 0.2) is 16.6 Å². The lowest BCUT2D eigenvalue weighted by molar-refractivity contribution is -0.0193. The summed E-state index contributed by atoms with van der Waals surface area (Å²) in [4.78, 5) is 4.52. The quantitative estimate of drug-likeness (QED) is 0.705. The number of imidazole rings is 1. The Bertz CT molecular complexity index is 667. The molecule has 0 amide bonds. The van der Waals surface area contributed by atoms with Crippen molar-refractivity contribution in [3.63, 3.8) is 0 Å². The Labute approximate surface area is 136 Å². The zero-order chi connectivity index (χ0) is 15.1. The van der Waals surface area contributed by atoms with Gasteiger partial charge >= 0.3 is 0 Å². The summed E-state index contributed by atoms with van der Waals surface area (Å²) in [6, 6.07) is 3.56. The van der Waals surface area contributed by atoms with E-state index in [0.29, 0.717) is 22.1 Å². The highest BCUT2D eigenvalue weighted by molar-refractivity contribution is 9.10. The maximum absolute atomic E-state index is 13.7. The number of ether oxygens (including phenoxy) is 1. The van der Waals surface area contributed by atoms with Crippen LogP contribution in [0.5, 0.6) is 0 Å². The standard InChI is InChI=1S/C15H17BrClFN2O/c1-3-21-10-4-9(5-10)20-14-6-11(16)12(18)7-13(14)19-15(20)8(2)17/h6-10H,3-5H2,1-2H3. The van der Waals surface area contributed by atoms with Crippen molar-refractivity contribution in [3.05, 3.63) is 28.2 Å². The third kappa shape index (κ3) is 2.71. The van der Waals surface area contributed by atoms with Crippen LogP contribution in [-0.4, -0.2) is 22.3 Å². The number of alkyl halides is 1. The SMILES string of the molecule is CCOC1CC(n2c(C(C)Cl)nc3cc(F)c(Br)cc32)C1. The molecule has 0 radical (unpaired) electrons. The fourth-order valence-corrected chi connectivity index (χ4v) is 3.38. The first-order valence-electron chi connectivity index (χ1n) is 7.13. The Morgan fingerprint density at radius 1 is 1.52 bits per heavy atom. The van der Waals surface area contributed by atoms with Gasteiger partial charge in [-0.1, -0.05) is 0 Å². The molecule has 1 aromatic carbocycles. The summed E-state index contributed by atoms with van der Waals surface area (Å²) in [5.41, 5.74) is 1.57. The van der Waals surface area contributed by atoms with Crippen molar-refractivity contribution < 1.29 is 9.13 Å². The summed E-state index contributed by atoms with van der Waals surface area (Å²) in [5.74, 6) is 0.492. The number of hydrogen-bond donors (Lipinski definition) is 0. The Morgan fingerprint density at radius 2 is 2.24 bits per heavy atom. The van der Waals surface area contributed by atoms with E-state index in [1.54, 1.807) is 6.07 Å². The summed E-state index contributed by atoms with van der Waals surface area (Å²) in [6.45, 7) is 4.63. The van der Waals surface area contributed by atoms with Gasteiger partial charge in [0.15, 0.2) is 0 Å². The van der Waals surface area contributed by atoms with Crippen molar-refractivity contribution in [2.75, 3.05) is 6.61 Å². The van der Waals surface area contributed by atoms with Crippen LogP contribution in [0.25, 0.3) is 11.0 Å². The second-order valence-corrected chi connectivity index (χ2v) is 6.92. The van der Waals surface area contributed by atoms with Crippen LogP contribution in [0.4, 0.5) is 4.39 Å². The maximum Gasteiger partial charge on any atom is 0.139 e. The van der Waals surface area contributed by atoms with Crippen molar-refractivity contribution in [2.24, 2.45) is 0 Å². The molecule has 6 heteroatoms. The summed E-state index contributed by atoms with van der Waals surface area (Å²) in [6.07, 6.45) is 2.20. The van der Waals surface area contributed by atoms with Gasteiger partial charge in [0.1, 0.15) is 11.6 Å². The summed E-state index contributed by atoms with van der Waals surface area (Å²) in [5, 5.41) is -0.217. The number of hydrogen-bond acceptors (Lipinski definition) is 2. The highest BCUT2D eigenvalue weighted by Crippen LogP contribution is 2.40. The van der Waals surface area contributed by atoms with E-state index >= 15 is 0 Å². The van der Waals surface area contributed by atoms with Gasteiger partial charge in [-0.15, -0.1) is 11.6 Å². The molecule has 3 rings (SSSR count). The van der Waals surface area contributed by atoms with Gasteiger partial charge < -0.3 is 9.30 Å². The van der Waals surface area contributed by atoms with E-state index in [-0.39, 0.29) is 11.2 Å². The van der Waals surface area contributed by atoms with E-state index in [2.05, 4.69) is 25.5 Å². The van der Waals surface area contributed by atoms with Crippen LogP contribution in [0, 0.1) is 5.82 Å². The number of halogens is 3. The average Bonchev–Trinajstić information content (AvgIpc) is 2.72. The number of benzene rings is 1. The molecule has 0 aliphatic heterocycles. The van der Waals surface area contributed by atoms with E-state index in [4.69, 9.17) is 16.3 Å². The highest BCUT2D eigenvalue weighted by Gasteiger charge is 2.34. The zero-order valence-electron chi connectivity index (χ0n) is 11.9. The van der Waals surface area contributed by atoms with Gasteiger partial charge in [0, 0.05) is 18.7 Å². The van der Waals surface area contributed by atoms with Crippen LogP contribution < -0.4 is 0 Å². The maximum atomic E-state index is 13.7. The van der Waals surface area contributed by atoms with Gasteiger partial charge in [-0.05, 0) is 48.7 Å². The molecule has 114 valence electrons. The number of fused-ring (bicyclic) bond motifs is 1. The van der Waals surface area contributed by atoms with Gasteiger partial charge in [-0.3, -0.25) is 0 Å². The van der Waals surface area contributed by atoms with Gasteiger partial charge in [-0.25, -0.2) is 9.37 Å². The topological polar surface area (TPSA) is 27.1 Å². The lowest BCUT2D eigenvalue weighted by Gasteiger charge is -2.37. The molecule has 21 heavy (non-hydrogen) atoms. The van der Waals surface area contributed by atoms with E-state index in [9.17, 15) is 4.39 Å². The largest absolute Gasteiger partial charge is 0.378 e. The monoisotopic (exact) mass is 374 g/mol. The lowest BCUT2D eigenvalue weighted by atomic mass is 9.88. The molecule has 1 unspecified atom stereocenters. The van der Waals surface area contributed by atoms with Crippen LogP contribution in [0.3, 0.4) is 0 Å². The van der Waals surface area contributed by atoms with Gasteiger partial charge in [0.05, 0.1) is 27.0 Å². The number of rotatable bonds is 4. The van der Waals surface area contributed by atoms with E-state index in [1.165, 1.54) is 6.07 Å². The summed E-state index contributed by atoms with van der Waals surface area (Å²) in [7, 11) is 0. The Hall–Kier alpha value is -0.650. The van der Waals surface area contributed by atoms with Crippen LogP contribution in [0.2, 0.25) is 0 Å². The second-order valence-electron chi connectivity index (χ2n) is 5.41. The molecule has 0 saturated heterocycles. The van der Waals surface area contributed by atoms with Gasteiger partial charge in [0.25, 0.3) is 0 Å². The van der Waals surface area contributed by atoms with E-state index < -0.39 is 0 Å². The zero-order valence-corrected chi connectivity index (χ0v) is 14.3. The molecular weight excluding hydrogens is 359 g/mol. The average molecular weight is 376 g/mol. The molecule has 0 spiro atoms. The molecule has 1 heterocycles. The number of aromatic nitrogens is 2. The molecule has 1 atom stereocenters. The minimum absolute atomic E-state index is 0.217. The molecule has 2 aromatic rings. The first kappa shape index (κ1) is 15.3. The molecule has 3 nitrogen and oxygen atoms in total. The highest BCUT2D eigenvalue weighted by atomic mass is 79.9. The van der Waals surface area contributed by atoms with Gasteiger partial charge in [-0.2, -0.15) is 0 Å². The number of nitrogens with zero attached hydrogens (tertiary/aromatic N) is 2. The van der Waals surface area contributed by atoms with Crippen molar-refractivity contribution in [1.29, 1.82) is 0 Å². The van der Waals surface area contributed by atoms with Gasteiger partial charge in [0.2, 0.25) is 0 Å².